The number of carbonyl (C=O) groups excluding carboxylic acids is 1. The molecule has 0 aliphatic rings. The number of hydrogen-bond acceptors (Lipinski definition) is 3. The van der Waals surface area contributed by atoms with Crippen LogP contribution in [0, 0.1) is 0 Å². The minimum absolute atomic E-state index is 0.0227. The van der Waals surface area contributed by atoms with Gasteiger partial charge < -0.3 is 10.1 Å². The summed E-state index contributed by atoms with van der Waals surface area (Å²) in [5.41, 5.74) is 2.14. The van der Waals surface area contributed by atoms with Gasteiger partial charge in [0, 0.05) is 11.6 Å². The molecule has 0 aliphatic carbocycles. The number of amides is 1. The number of hydrogen-bond donors (Lipinski definition) is 1. The number of methoxy groups -OCH3 is 1. The molecule has 0 fully saturated rings. The first kappa shape index (κ1) is 14.9. The predicted molar refractivity (Wildman–Crippen MR) is 82.7 cm³/mol. The maximum absolute atomic E-state index is 11.8. The summed E-state index contributed by atoms with van der Waals surface area (Å²) < 4.78 is 5.13. The molecule has 0 saturated heterocycles. The van der Waals surface area contributed by atoms with Crippen LogP contribution in [0.3, 0.4) is 0 Å². The Balaban J connectivity index is 1.73. The van der Waals surface area contributed by atoms with Crippen LogP contribution in [0.4, 0.5) is 0 Å². The number of ether oxygens (including phenoxy) is 1. The molecule has 1 heterocycles. The molecular weight excluding hydrogens is 294 g/mol. The summed E-state index contributed by atoms with van der Waals surface area (Å²) in [7, 11) is 1.66. The molecule has 0 bridgehead atoms. The van der Waals surface area contributed by atoms with Crippen LogP contribution in [-0.4, -0.2) is 19.6 Å². The van der Waals surface area contributed by atoms with Gasteiger partial charge in [-0.1, -0.05) is 23.7 Å². The molecular formula is C15H16ClNO2S. The van der Waals surface area contributed by atoms with Gasteiger partial charge in [-0.15, -0.1) is 11.3 Å². The Bertz CT molecular complexity index is 566. The molecule has 2 aromatic rings. The summed E-state index contributed by atoms with van der Waals surface area (Å²) in [6.07, 6.45) is 1.19. The molecule has 0 aliphatic heterocycles. The van der Waals surface area contributed by atoms with Crippen LogP contribution in [0.5, 0.6) is 5.06 Å². The third-order valence-electron chi connectivity index (χ3n) is 2.84. The zero-order chi connectivity index (χ0) is 14.4. The summed E-state index contributed by atoms with van der Waals surface area (Å²) in [6, 6.07) is 9.32. The second-order valence-corrected chi connectivity index (χ2v) is 5.69. The minimum Gasteiger partial charge on any atom is -0.487 e. The van der Waals surface area contributed by atoms with Gasteiger partial charge in [0.2, 0.25) is 5.91 Å². The molecule has 0 spiro atoms. The summed E-state index contributed by atoms with van der Waals surface area (Å²) in [6.45, 7) is 0.631. The first-order valence-corrected chi connectivity index (χ1v) is 7.55. The van der Waals surface area contributed by atoms with E-state index in [-0.39, 0.29) is 5.91 Å². The van der Waals surface area contributed by atoms with Gasteiger partial charge in [-0.25, -0.2) is 0 Å². The van der Waals surface area contributed by atoms with E-state index in [9.17, 15) is 4.79 Å². The number of rotatable bonds is 6. The van der Waals surface area contributed by atoms with Crippen molar-refractivity contribution in [2.75, 3.05) is 13.7 Å². The highest BCUT2D eigenvalue weighted by molar-refractivity contribution is 7.12. The molecule has 0 unspecified atom stereocenters. The van der Waals surface area contributed by atoms with Crippen molar-refractivity contribution in [2.45, 2.75) is 12.8 Å². The molecule has 106 valence electrons. The van der Waals surface area contributed by atoms with Crippen molar-refractivity contribution < 1.29 is 9.53 Å². The molecule has 1 N–H and O–H groups in total. The summed E-state index contributed by atoms with van der Waals surface area (Å²) >= 11 is 7.37. The van der Waals surface area contributed by atoms with E-state index in [0.717, 1.165) is 17.0 Å². The zero-order valence-corrected chi connectivity index (χ0v) is 12.8. The first-order valence-electron chi connectivity index (χ1n) is 6.30. The summed E-state index contributed by atoms with van der Waals surface area (Å²) in [5.74, 6) is 0.0227. The second kappa shape index (κ2) is 7.31. The Kier molecular flexibility index (Phi) is 5.44. The molecule has 1 aromatic carbocycles. The van der Waals surface area contributed by atoms with Gasteiger partial charge in [-0.05, 0) is 41.1 Å². The van der Waals surface area contributed by atoms with E-state index in [1.807, 2.05) is 23.6 Å². The fourth-order valence-corrected chi connectivity index (χ4v) is 2.68. The lowest BCUT2D eigenvalue weighted by Crippen LogP contribution is -2.27. The van der Waals surface area contributed by atoms with Gasteiger partial charge in [0.1, 0.15) is 0 Å². The molecule has 0 atom stereocenters. The van der Waals surface area contributed by atoms with E-state index < -0.39 is 0 Å². The molecule has 0 radical (unpaired) electrons. The SMILES string of the molecule is COc1cc(CCNC(=O)Cc2ccc(Cl)cc2)cs1. The Labute approximate surface area is 127 Å². The van der Waals surface area contributed by atoms with Crippen molar-refractivity contribution in [1.29, 1.82) is 0 Å². The van der Waals surface area contributed by atoms with Crippen LogP contribution < -0.4 is 10.1 Å². The van der Waals surface area contributed by atoms with E-state index in [1.54, 1.807) is 30.6 Å². The third-order valence-corrected chi connectivity index (χ3v) is 4.03. The van der Waals surface area contributed by atoms with Crippen LogP contribution in [-0.2, 0) is 17.6 Å². The quantitative estimate of drug-likeness (QED) is 0.889. The van der Waals surface area contributed by atoms with Crippen LogP contribution in [0.2, 0.25) is 5.02 Å². The van der Waals surface area contributed by atoms with Crippen molar-refractivity contribution in [3.8, 4) is 5.06 Å². The lowest BCUT2D eigenvalue weighted by Gasteiger charge is -2.04. The van der Waals surface area contributed by atoms with E-state index in [0.29, 0.717) is 18.0 Å². The fraction of sp³-hybridized carbons (Fsp3) is 0.267. The predicted octanol–water partition coefficient (Wildman–Crippen LogP) is 3.31. The lowest BCUT2D eigenvalue weighted by molar-refractivity contribution is -0.120. The van der Waals surface area contributed by atoms with Gasteiger partial charge in [0.25, 0.3) is 0 Å². The van der Waals surface area contributed by atoms with Crippen LogP contribution in [0.1, 0.15) is 11.1 Å². The van der Waals surface area contributed by atoms with E-state index in [4.69, 9.17) is 16.3 Å². The van der Waals surface area contributed by atoms with Gasteiger partial charge in [0.15, 0.2) is 5.06 Å². The highest BCUT2D eigenvalue weighted by Crippen LogP contribution is 2.22. The molecule has 2 rings (SSSR count). The number of halogens is 1. The third kappa shape index (κ3) is 4.54. The maximum atomic E-state index is 11.8. The maximum Gasteiger partial charge on any atom is 0.224 e. The van der Waals surface area contributed by atoms with Crippen molar-refractivity contribution >= 4 is 28.8 Å². The fourth-order valence-electron chi connectivity index (χ4n) is 1.79. The van der Waals surface area contributed by atoms with Gasteiger partial charge in [-0.2, -0.15) is 0 Å². The number of benzene rings is 1. The zero-order valence-electron chi connectivity index (χ0n) is 11.2. The smallest absolute Gasteiger partial charge is 0.224 e. The number of thiophene rings is 1. The second-order valence-electron chi connectivity index (χ2n) is 4.38. The van der Waals surface area contributed by atoms with Crippen molar-refractivity contribution in [3.05, 3.63) is 51.9 Å². The molecule has 3 nitrogen and oxygen atoms in total. The van der Waals surface area contributed by atoms with Crippen molar-refractivity contribution in [2.24, 2.45) is 0 Å². The van der Waals surface area contributed by atoms with Crippen LogP contribution in [0.15, 0.2) is 35.7 Å². The number of carbonyl (C=O) groups is 1. The van der Waals surface area contributed by atoms with E-state index in [2.05, 4.69) is 5.32 Å². The van der Waals surface area contributed by atoms with Gasteiger partial charge in [0.05, 0.1) is 13.5 Å². The topological polar surface area (TPSA) is 38.3 Å². The van der Waals surface area contributed by atoms with E-state index in [1.165, 1.54) is 5.56 Å². The van der Waals surface area contributed by atoms with Crippen molar-refractivity contribution in [1.82, 2.24) is 5.32 Å². The molecule has 20 heavy (non-hydrogen) atoms. The van der Waals surface area contributed by atoms with Crippen LogP contribution in [0.25, 0.3) is 0 Å². The number of nitrogens with one attached hydrogen (secondary N) is 1. The highest BCUT2D eigenvalue weighted by Gasteiger charge is 2.04. The normalized spacial score (nSPS) is 10.3. The van der Waals surface area contributed by atoms with Gasteiger partial charge in [-0.3, -0.25) is 4.79 Å². The molecule has 1 aromatic heterocycles. The van der Waals surface area contributed by atoms with Crippen LogP contribution >= 0.6 is 22.9 Å². The average molecular weight is 310 g/mol. The monoisotopic (exact) mass is 309 g/mol. The molecule has 0 saturated carbocycles. The minimum atomic E-state index is 0.0227. The van der Waals surface area contributed by atoms with Crippen molar-refractivity contribution in [3.63, 3.8) is 0 Å². The Morgan fingerprint density at radius 3 is 2.70 bits per heavy atom. The first-order chi connectivity index (χ1) is 9.67. The summed E-state index contributed by atoms with van der Waals surface area (Å²) in [5, 5.41) is 6.54. The Hall–Kier alpha value is -1.52. The largest absolute Gasteiger partial charge is 0.487 e. The molecule has 1 amide bonds. The molecule has 5 heteroatoms. The summed E-state index contributed by atoms with van der Waals surface area (Å²) in [4.78, 5) is 11.8. The standard InChI is InChI=1S/C15H16ClNO2S/c1-19-15-9-12(10-20-15)6-7-17-14(18)8-11-2-4-13(16)5-3-11/h2-5,9-10H,6-8H2,1H3,(H,17,18). The van der Waals surface area contributed by atoms with E-state index >= 15 is 0 Å². The Morgan fingerprint density at radius 1 is 1.30 bits per heavy atom. The highest BCUT2D eigenvalue weighted by atomic mass is 35.5. The van der Waals surface area contributed by atoms with Gasteiger partial charge >= 0.3 is 0 Å². The Morgan fingerprint density at radius 2 is 2.05 bits per heavy atom. The lowest BCUT2D eigenvalue weighted by atomic mass is 10.1. The average Bonchev–Trinajstić information content (AvgIpc) is 2.89.